The van der Waals surface area contributed by atoms with E-state index in [0.29, 0.717) is 35.8 Å². The maximum atomic E-state index is 14.7. The molecule has 306 valence electrons. The smallest absolute Gasteiger partial charge is 0.314 e. The van der Waals surface area contributed by atoms with E-state index >= 15 is 0 Å². The molecule has 0 aliphatic heterocycles. The number of rotatable bonds is 18. The number of nitrogens with zero attached hydrogens (tertiary/aromatic N) is 2. The molecule has 1 fully saturated rings. The molecule has 1 N–H and O–H groups in total. The summed E-state index contributed by atoms with van der Waals surface area (Å²) in [5.41, 5.74) is 0.646. The topological polar surface area (TPSA) is 149 Å². The van der Waals surface area contributed by atoms with Crippen molar-refractivity contribution < 1.29 is 48.0 Å². The number of esters is 2. The molecule has 12 heteroatoms. The average Bonchev–Trinajstić information content (AvgIpc) is 3.18. The molecule has 12 nitrogen and oxygen atoms in total. The number of carboxylic acids is 1. The lowest BCUT2D eigenvalue weighted by Crippen LogP contribution is -2.64. The van der Waals surface area contributed by atoms with Crippen molar-refractivity contribution in [1.82, 2.24) is 9.80 Å². The Kier molecular flexibility index (Phi) is 14.7. The average molecular weight is 793 g/mol. The summed E-state index contributed by atoms with van der Waals surface area (Å²) in [7, 11) is 0. The number of hydrogen-bond acceptors (Lipinski definition) is 9. The Morgan fingerprint density at radius 1 is 0.552 bits per heavy atom. The molecule has 2 amide bonds. The number of carbonyl (C=O) groups is 5. The lowest BCUT2D eigenvalue weighted by molar-refractivity contribution is -0.197. The molecule has 1 saturated carbocycles. The molecule has 58 heavy (non-hydrogen) atoms. The zero-order valence-corrected chi connectivity index (χ0v) is 33.7. The fourth-order valence-corrected chi connectivity index (χ4v) is 6.93. The molecule has 0 spiro atoms. The monoisotopic (exact) mass is 792 g/mol. The van der Waals surface area contributed by atoms with Crippen LogP contribution in [-0.2, 0) is 46.5 Å². The van der Waals surface area contributed by atoms with Crippen molar-refractivity contribution in [2.24, 2.45) is 29.1 Å². The molecular formula is C46H52N2O10. The van der Waals surface area contributed by atoms with Crippen LogP contribution < -0.4 is 9.47 Å². The third-order valence-corrected chi connectivity index (χ3v) is 9.84. The fraction of sp³-hybridized carbons (Fsp3) is 0.370. The molecule has 0 bridgehead atoms. The second-order valence-electron chi connectivity index (χ2n) is 15.3. The number of carboxylic acid groups (broad SMARTS) is 1. The number of benzene rings is 4. The fourth-order valence-electron chi connectivity index (χ4n) is 6.93. The molecule has 0 heterocycles. The van der Waals surface area contributed by atoms with Crippen LogP contribution in [0.3, 0.4) is 0 Å². The van der Waals surface area contributed by atoms with Crippen LogP contribution in [0.2, 0.25) is 0 Å². The first-order valence-corrected chi connectivity index (χ1v) is 19.6. The minimum absolute atomic E-state index is 0.133. The van der Waals surface area contributed by atoms with Gasteiger partial charge in [0.05, 0.1) is 29.1 Å². The number of amides is 2. The largest absolute Gasteiger partial charge is 0.481 e. The Hall–Kier alpha value is -6.17. The number of carbonyl (C=O) groups excluding carboxylic acids is 4. The van der Waals surface area contributed by atoms with Gasteiger partial charge in [-0.25, -0.2) is 0 Å². The van der Waals surface area contributed by atoms with E-state index in [1.165, 1.54) is 4.90 Å². The summed E-state index contributed by atoms with van der Waals surface area (Å²) in [6.45, 7) is 8.75. The summed E-state index contributed by atoms with van der Waals surface area (Å²) in [6, 6.07) is 33.1. The Labute approximate surface area is 339 Å². The molecule has 0 aromatic heterocycles. The van der Waals surface area contributed by atoms with Crippen LogP contribution in [0.5, 0.6) is 23.0 Å². The first kappa shape index (κ1) is 43.0. The molecule has 0 unspecified atom stereocenters. The van der Waals surface area contributed by atoms with Gasteiger partial charge in [-0.2, -0.15) is 0 Å². The zero-order chi connectivity index (χ0) is 41.8. The van der Waals surface area contributed by atoms with Gasteiger partial charge in [-0.3, -0.25) is 24.0 Å². The molecule has 1 aliphatic rings. The van der Waals surface area contributed by atoms with Gasteiger partial charge >= 0.3 is 17.9 Å². The van der Waals surface area contributed by atoms with Crippen LogP contribution >= 0.6 is 0 Å². The highest BCUT2D eigenvalue weighted by molar-refractivity contribution is 6.00. The van der Waals surface area contributed by atoms with Gasteiger partial charge in [0.15, 0.2) is 0 Å². The second kappa shape index (κ2) is 19.8. The Bertz CT molecular complexity index is 2000. The molecule has 0 saturated heterocycles. The maximum Gasteiger partial charge on any atom is 0.314 e. The van der Waals surface area contributed by atoms with Gasteiger partial charge in [0.25, 0.3) is 0 Å². The standard InChI is InChI=1S/C46H52N2O10/c1-6-26-47(28-31-18-22-35(23-19-31)57-33-14-10-8-11-15-33)41(49)37-38(40(39(37)43(51)52)44(53)55-30-56-45(54)46(3,4)5)42(50)48(27-7-2)29-32-20-24-36(25-21-32)58-34-16-12-9-13-17-34/h8-25,37-40H,6-7,26-30H2,1-5H3,(H,51,52)/t37-,38-,39-,40-/m0/s1. The minimum atomic E-state index is -1.56. The van der Waals surface area contributed by atoms with Gasteiger partial charge < -0.3 is 33.9 Å². The van der Waals surface area contributed by atoms with Crippen LogP contribution in [0.1, 0.15) is 58.6 Å². The molecule has 4 atom stereocenters. The van der Waals surface area contributed by atoms with Crippen LogP contribution in [0.15, 0.2) is 109 Å². The van der Waals surface area contributed by atoms with Gasteiger partial charge in [-0.1, -0.05) is 74.5 Å². The van der Waals surface area contributed by atoms with Crippen LogP contribution in [0, 0.1) is 29.1 Å². The van der Waals surface area contributed by atoms with E-state index in [9.17, 15) is 29.1 Å². The quantitative estimate of drug-likeness (QED) is 0.0774. The Balaban J connectivity index is 1.40. The molecule has 1 aliphatic carbocycles. The van der Waals surface area contributed by atoms with Gasteiger partial charge in [-0.05, 0) is 93.3 Å². The summed E-state index contributed by atoms with van der Waals surface area (Å²) in [5, 5.41) is 10.5. The van der Waals surface area contributed by atoms with Crippen LogP contribution in [0.4, 0.5) is 0 Å². The van der Waals surface area contributed by atoms with E-state index in [2.05, 4.69) is 0 Å². The van der Waals surface area contributed by atoms with Gasteiger partial charge in [0, 0.05) is 26.2 Å². The molecule has 0 radical (unpaired) electrons. The van der Waals surface area contributed by atoms with Gasteiger partial charge in [0.2, 0.25) is 18.6 Å². The summed E-state index contributed by atoms with van der Waals surface area (Å²) in [5.74, 6) is -7.43. The zero-order valence-electron chi connectivity index (χ0n) is 33.7. The highest BCUT2D eigenvalue weighted by atomic mass is 16.7. The van der Waals surface area contributed by atoms with E-state index < -0.39 is 65.6 Å². The lowest BCUT2D eigenvalue weighted by atomic mass is 9.55. The third-order valence-electron chi connectivity index (χ3n) is 9.84. The normalized spacial score (nSPS) is 17.3. The Morgan fingerprint density at radius 2 is 0.948 bits per heavy atom. The van der Waals surface area contributed by atoms with Crippen molar-refractivity contribution in [3.8, 4) is 23.0 Å². The predicted octanol–water partition coefficient (Wildman–Crippen LogP) is 8.10. The summed E-state index contributed by atoms with van der Waals surface area (Å²) in [4.78, 5) is 71.5. The summed E-state index contributed by atoms with van der Waals surface area (Å²) in [6.07, 6.45) is 1.11. The first-order chi connectivity index (χ1) is 27.8. The second-order valence-corrected chi connectivity index (χ2v) is 15.3. The SMILES string of the molecule is CCCN(Cc1ccc(Oc2ccccc2)cc1)C(=O)[C@@H]1[C@H](C(=O)O)[C@@H](C(=O)OCOC(=O)C(C)(C)C)[C@H]1C(=O)N(CCC)Cc1ccc(Oc2ccccc2)cc1. The van der Waals surface area contributed by atoms with E-state index in [1.54, 1.807) is 49.9 Å². The highest BCUT2D eigenvalue weighted by Gasteiger charge is 2.65. The van der Waals surface area contributed by atoms with E-state index in [1.807, 2.05) is 98.8 Å². The van der Waals surface area contributed by atoms with E-state index in [0.717, 1.165) is 11.1 Å². The Morgan fingerprint density at radius 3 is 1.33 bits per heavy atom. The van der Waals surface area contributed by atoms with Crippen molar-refractivity contribution in [1.29, 1.82) is 0 Å². The predicted molar refractivity (Wildman–Crippen MR) is 215 cm³/mol. The van der Waals surface area contributed by atoms with Gasteiger partial charge in [0.1, 0.15) is 23.0 Å². The minimum Gasteiger partial charge on any atom is -0.481 e. The molecule has 4 aromatic rings. The number of para-hydroxylation sites is 2. The third kappa shape index (κ3) is 11.0. The van der Waals surface area contributed by atoms with Crippen molar-refractivity contribution in [2.75, 3.05) is 19.9 Å². The van der Waals surface area contributed by atoms with Crippen molar-refractivity contribution in [2.45, 2.75) is 60.5 Å². The molecule has 5 rings (SSSR count). The van der Waals surface area contributed by atoms with Gasteiger partial charge in [-0.15, -0.1) is 0 Å². The molecular weight excluding hydrogens is 741 g/mol. The maximum absolute atomic E-state index is 14.7. The molecule has 4 aromatic carbocycles. The number of aliphatic carboxylic acids is 1. The van der Waals surface area contributed by atoms with Crippen molar-refractivity contribution >= 4 is 29.7 Å². The first-order valence-electron chi connectivity index (χ1n) is 19.6. The van der Waals surface area contributed by atoms with Crippen LogP contribution in [-0.4, -0.2) is 64.5 Å². The van der Waals surface area contributed by atoms with E-state index in [-0.39, 0.29) is 26.2 Å². The summed E-state index contributed by atoms with van der Waals surface area (Å²) < 4.78 is 22.3. The lowest BCUT2D eigenvalue weighted by Gasteiger charge is -2.49. The van der Waals surface area contributed by atoms with Crippen molar-refractivity contribution in [3.05, 3.63) is 120 Å². The van der Waals surface area contributed by atoms with E-state index in [4.69, 9.17) is 18.9 Å². The highest BCUT2D eigenvalue weighted by Crippen LogP contribution is 2.49. The summed E-state index contributed by atoms with van der Waals surface area (Å²) >= 11 is 0. The van der Waals surface area contributed by atoms with Crippen LogP contribution in [0.25, 0.3) is 0 Å². The number of hydrogen-bond donors (Lipinski definition) is 1. The number of ether oxygens (including phenoxy) is 4. The van der Waals surface area contributed by atoms with Crippen molar-refractivity contribution in [3.63, 3.8) is 0 Å².